The lowest BCUT2D eigenvalue weighted by Gasteiger charge is -2.34. The SMILES string of the molecule is C[C@@H]1c2ncc(CCOc3ccncc3)n2CCN1C(=O)c1cocn1. The first-order chi connectivity index (χ1) is 12.7. The van der Waals surface area contributed by atoms with Crippen molar-refractivity contribution in [2.24, 2.45) is 0 Å². The van der Waals surface area contributed by atoms with Gasteiger partial charge in [-0.15, -0.1) is 0 Å². The Morgan fingerprint density at radius 1 is 1.31 bits per heavy atom. The van der Waals surface area contributed by atoms with Gasteiger partial charge in [0.25, 0.3) is 5.91 Å². The van der Waals surface area contributed by atoms with E-state index in [2.05, 4.69) is 19.5 Å². The molecule has 8 nitrogen and oxygen atoms in total. The van der Waals surface area contributed by atoms with Gasteiger partial charge >= 0.3 is 0 Å². The third-order valence-electron chi connectivity index (χ3n) is 4.56. The number of fused-ring (bicyclic) bond motifs is 1. The molecule has 0 spiro atoms. The van der Waals surface area contributed by atoms with Crippen LogP contribution in [0.5, 0.6) is 5.75 Å². The highest BCUT2D eigenvalue weighted by Crippen LogP contribution is 2.26. The Morgan fingerprint density at radius 2 is 2.15 bits per heavy atom. The van der Waals surface area contributed by atoms with Crippen LogP contribution in [-0.2, 0) is 13.0 Å². The normalized spacial score (nSPS) is 16.3. The van der Waals surface area contributed by atoms with Gasteiger partial charge in [-0.25, -0.2) is 9.97 Å². The number of rotatable bonds is 5. The van der Waals surface area contributed by atoms with E-state index < -0.39 is 0 Å². The van der Waals surface area contributed by atoms with E-state index in [0.717, 1.165) is 23.7 Å². The summed E-state index contributed by atoms with van der Waals surface area (Å²) < 4.78 is 12.8. The molecule has 0 saturated carbocycles. The van der Waals surface area contributed by atoms with Crippen LogP contribution < -0.4 is 4.74 Å². The molecule has 4 rings (SSSR count). The van der Waals surface area contributed by atoms with Gasteiger partial charge in [-0.3, -0.25) is 9.78 Å². The van der Waals surface area contributed by atoms with Crippen LogP contribution in [0, 0.1) is 0 Å². The minimum absolute atomic E-state index is 0.122. The number of carbonyl (C=O) groups is 1. The summed E-state index contributed by atoms with van der Waals surface area (Å²) in [7, 11) is 0. The molecule has 1 aliphatic heterocycles. The summed E-state index contributed by atoms with van der Waals surface area (Å²) >= 11 is 0. The fourth-order valence-corrected chi connectivity index (χ4v) is 3.21. The van der Waals surface area contributed by atoms with Crippen molar-refractivity contribution in [3.63, 3.8) is 0 Å². The molecule has 3 aromatic rings. The molecule has 0 aliphatic carbocycles. The van der Waals surface area contributed by atoms with Crippen molar-refractivity contribution in [3.8, 4) is 5.75 Å². The quantitative estimate of drug-likeness (QED) is 0.698. The monoisotopic (exact) mass is 353 g/mol. The van der Waals surface area contributed by atoms with Crippen molar-refractivity contribution < 1.29 is 13.9 Å². The van der Waals surface area contributed by atoms with Crippen LogP contribution >= 0.6 is 0 Å². The molecule has 0 unspecified atom stereocenters. The van der Waals surface area contributed by atoms with E-state index in [0.29, 0.717) is 25.4 Å². The number of hydrogen-bond donors (Lipinski definition) is 0. The van der Waals surface area contributed by atoms with E-state index in [1.165, 1.54) is 12.7 Å². The van der Waals surface area contributed by atoms with Crippen molar-refractivity contribution in [1.82, 2.24) is 24.4 Å². The lowest BCUT2D eigenvalue weighted by Crippen LogP contribution is -2.41. The minimum atomic E-state index is -0.136. The van der Waals surface area contributed by atoms with Crippen molar-refractivity contribution >= 4 is 5.91 Å². The summed E-state index contributed by atoms with van der Waals surface area (Å²) in [5.41, 5.74) is 1.43. The molecule has 0 aromatic carbocycles. The summed E-state index contributed by atoms with van der Waals surface area (Å²) in [4.78, 5) is 26.8. The smallest absolute Gasteiger partial charge is 0.276 e. The van der Waals surface area contributed by atoms with Crippen LogP contribution in [0.1, 0.15) is 35.0 Å². The number of amides is 1. The number of aromatic nitrogens is 4. The summed E-state index contributed by atoms with van der Waals surface area (Å²) in [5.74, 6) is 1.55. The maximum absolute atomic E-state index is 12.6. The number of carbonyl (C=O) groups excluding carboxylic acids is 1. The van der Waals surface area contributed by atoms with Gasteiger partial charge in [0.15, 0.2) is 12.1 Å². The van der Waals surface area contributed by atoms with Crippen molar-refractivity contribution in [2.75, 3.05) is 13.2 Å². The highest BCUT2D eigenvalue weighted by atomic mass is 16.5. The molecule has 1 aliphatic rings. The fraction of sp³-hybridized carbons (Fsp3) is 0.333. The first-order valence-electron chi connectivity index (χ1n) is 8.50. The highest BCUT2D eigenvalue weighted by Gasteiger charge is 2.31. The molecule has 0 bridgehead atoms. The number of hydrogen-bond acceptors (Lipinski definition) is 6. The predicted octanol–water partition coefficient (Wildman–Crippen LogP) is 2.10. The van der Waals surface area contributed by atoms with Crippen LogP contribution in [-0.4, -0.2) is 43.5 Å². The number of oxazole rings is 1. The predicted molar refractivity (Wildman–Crippen MR) is 91.6 cm³/mol. The van der Waals surface area contributed by atoms with E-state index in [-0.39, 0.29) is 11.9 Å². The zero-order valence-electron chi connectivity index (χ0n) is 14.4. The summed E-state index contributed by atoms with van der Waals surface area (Å²) in [6, 6.07) is 3.55. The highest BCUT2D eigenvalue weighted by molar-refractivity contribution is 5.92. The Bertz CT molecular complexity index is 876. The van der Waals surface area contributed by atoms with E-state index in [1.54, 1.807) is 17.3 Å². The number of imidazole rings is 1. The Balaban J connectivity index is 1.43. The van der Waals surface area contributed by atoms with E-state index in [9.17, 15) is 4.79 Å². The van der Waals surface area contributed by atoms with Gasteiger partial charge in [0.2, 0.25) is 0 Å². The second-order valence-corrected chi connectivity index (χ2v) is 6.09. The van der Waals surface area contributed by atoms with Gasteiger partial charge in [-0.1, -0.05) is 0 Å². The molecule has 3 aromatic heterocycles. The average Bonchev–Trinajstić information content (AvgIpc) is 3.33. The van der Waals surface area contributed by atoms with Gasteiger partial charge in [-0.05, 0) is 19.1 Å². The van der Waals surface area contributed by atoms with Gasteiger partial charge < -0.3 is 18.6 Å². The van der Waals surface area contributed by atoms with Gasteiger partial charge in [0.1, 0.15) is 17.8 Å². The molecular formula is C18H19N5O3. The first kappa shape index (κ1) is 16.3. The van der Waals surface area contributed by atoms with Crippen molar-refractivity contribution in [2.45, 2.75) is 25.9 Å². The van der Waals surface area contributed by atoms with Crippen LogP contribution in [0.4, 0.5) is 0 Å². The second-order valence-electron chi connectivity index (χ2n) is 6.09. The average molecular weight is 353 g/mol. The lowest BCUT2D eigenvalue weighted by molar-refractivity contribution is 0.0630. The molecule has 26 heavy (non-hydrogen) atoms. The lowest BCUT2D eigenvalue weighted by atomic mass is 10.2. The van der Waals surface area contributed by atoms with E-state index in [4.69, 9.17) is 9.15 Å². The van der Waals surface area contributed by atoms with Crippen LogP contribution in [0.2, 0.25) is 0 Å². The fourth-order valence-electron chi connectivity index (χ4n) is 3.21. The molecule has 0 saturated heterocycles. The topological polar surface area (TPSA) is 86.3 Å². The second kappa shape index (κ2) is 6.99. The largest absolute Gasteiger partial charge is 0.493 e. The van der Waals surface area contributed by atoms with Crippen molar-refractivity contribution in [3.05, 3.63) is 60.6 Å². The molecule has 1 atom stereocenters. The molecular weight excluding hydrogens is 334 g/mol. The Morgan fingerprint density at radius 3 is 2.92 bits per heavy atom. The Hall–Kier alpha value is -3.16. The summed E-state index contributed by atoms with van der Waals surface area (Å²) in [5, 5.41) is 0. The molecule has 4 heterocycles. The van der Waals surface area contributed by atoms with Crippen LogP contribution in [0.3, 0.4) is 0 Å². The zero-order valence-corrected chi connectivity index (χ0v) is 14.4. The Labute approximate surface area is 150 Å². The van der Waals surface area contributed by atoms with Crippen molar-refractivity contribution in [1.29, 1.82) is 0 Å². The standard InChI is InChI=1S/C18H19N5O3/c1-13-17-20-10-14(4-9-26-15-2-5-19-6-3-15)23(17)8-7-22(13)18(24)16-11-25-12-21-16/h2-3,5-6,10-13H,4,7-9H2,1H3/t13-/m1/s1. The molecule has 1 amide bonds. The van der Waals surface area contributed by atoms with Gasteiger partial charge in [0.05, 0.1) is 12.6 Å². The van der Waals surface area contributed by atoms with Crippen LogP contribution in [0.25, 0.3) is 0 Å². The summed E-state index contributed by atoms with van der Waals surface area (Å²) in [6.07, 6.45) is 8.67. The van der Waals surface area contributed by atoms with Gasteiger partial charge in [-0.2, -0.15) is 0 Å². The van der Waals surface area contributed by atoms with Gasteiger partial charge in [0, 0.05) is 43.8 Å². The zero-order chi connectivity index (χ0) is 17.9. The first-order valence-corrected chi connectivity index (χ1v) is 8.50. The summed E-state index contributed by atoms with van der Waals surface area (Å²) in [6.45, 7) is 3.85. The molecule has 0 radical (unpaired) electrons. The molecule has 0 N–H and O–H groups in total. The third kappa shape index (κ3) is 3.05. The Kier molecular flexibility index (Phi) is 4.39. The number of nitrogens with zero attached hydrogens (tertiary/aromatic N) is 5. The maximum Gasteiger partial charge on any atom is 0.276 e. The maximum atomic E-state index is 12.6. The van der Waals surface area contributed by atoms with Crippen LogP contribution in [0.15, 0.2) is 47.8 Å². The molecule has 8 heteroatoms. The molecule has 0 fully saturated rings. The third-order valence-corrected chi connectivity index (χ3v) is 4.56. The van der Waals surface area contributed by atoms with E-state index in [1.807, 2.05) is 25.3 Å². The number of pyridine rings is 1. The number of ether oxygens (including phenoxy) is 1. The minimum Gasteiger partial charge on any atom is -0.493 e. The van der Waals surface area contributed by atoms with E-state index >= 15 is 0 Å². The molecule has 134 valence electrons.